The van der Waals surface area contributed by atoms with Crippen molar-refractivity contribution in [2.24, 2.45) is 0 Å². The van der Waals surface area contributed by atoms with E-state index in [0.29, 0.717) is 11.9 Å². The van der Waals surface area contributed by atoms with E-state index in [4.69, 9.17) is 0 Å². The van der Waals surface area contributed by atoms with Crippen LogP contribution in [0.4, 0.5) is 0 Å². The van der Waals surface area contributed by atoms with E-state index in [1.165, 1.54) is 12.8 Å². The quantitative estimate of drug-likeness (QED) is 0.750. The summed E-state index contributed by atoms with van der Waals surface area (Å²) in [6, 6.07) is 0.522. The number of carbonyl (C=O) groups is 1. The molecule has 4 nitrogen and oxygen atoms in total. The van der Waals surface area contributed by atoms with Crippen LogP contribution in [0.5, 0.6) is 0 Å². The Morgan fingerprint density at radius 2 is 2.06 bits per heavy atom. The summed E-state index contributed by atoms with van der Waals surface area (Å²) in [7, 11) is 3.97. The molecule has 2 aliphatic rings. The van der Waals surface area contributed by atoms with Gasteiger partial charge in [0.25, 0.3) is 0 Å². The number of nitrogens with one attached hydrogen (secondary N) is 1. The van der Waals surface area contributed by atoms with Gasteiger partial charge in [0.1, 0.15) is 6.04 Å². The molecule has 1 amide bonds. The molecule has 1 aliphatic carbocycles. The van der Waals surface area contributed by atoms with E-state index in [1.807, 2.05) is 7.05 Å². The molecule has 2 fully saturated rings. The maximum Gasteiger partial charge on any atom is 0.241 e. The van der Waals surface area contributed by atoms with Crippen LogP contribution < -0.4 is 5.32 Å². The standard InChI is InChI=1S/C12H23N3O/c1-12(2)8-15(9-5-6-9)11(16)10(7-13-3)14(12)4/h9-10,13H,5-8H2,1-4H3. The lowest BCUT2D eigenvalue weighted by molar-refractivity contribution is -0.148. The minimum atomic E-state index is -0.00523. The molecule has 4 heteroatoms. The Balaban J connectivity index is 2.17. The molecule has 0 aromatic carbocycles. The van der Waals surface area contributed by atoms with Crippen molar-refractivity contribution in [1.82, 2.24) is 15.1 Å². The predicted octanol–water partition coefficient (Wildman–Crippen LogP) is 0.289. The second-order valence-corrected chi connectivity index (χ2v) is 5.69. The molecule has 16 heavy (non-hydrogen) atoms. The molecule has 1 unspecified atom stereocenters. The van der Waals surface area contributed by atoms with Crippen LogP contribution in [0.25, 0.3) is 0 Å². The Kier molecular flexibility index (Phi) is 2.97. The van der Waals surface area contributed by atoms with Crippen molar-refractivity contribution < 1.29 is 4.79 Å². The zero-order chi connectivity index (χ0) is 11.9. The van der Waals surface area contributed by atoms with Gasteiger partial charge in [0.15, 0.2) is 0 Å². The van der Waals surface area contributed by atoms with Crippen LogP contribution in [0.3, 0.4) is 0 Å². The van der Waals surface area contributed by atoms with E-state index in [2.05, 4.69) is 36.0 Å². The highest BCUT2D eigenvalue weighted by atomic mass is 16.2. The number of carbonyl (C=O) groups excluding carboxylic acids is 1. The smallest absolute Gasteiger partial charge is 0.241 e. The van der Waals surface area contributed by atoms with Gasteiger partial charge in [0.05, 0.1) is 0 Å². The lowest BCUT2D eigenvalue weighted by atomic mass is 9.95. The number of amides is 1. The third-order valence-electron chi connectivity index (χ3n) is 3.93. The third-order valence-corrected chi connectivity index (χ3v) is 3.93. The Bertz CT molecular complexity index is 286. The van der Waals surface area contributed by atoms with Gasteiger partial charge in [0.2, 0.25) is 5.91 Å². The molecule has 0 aromatic rings. The Morgan fingerprint density at radius 3 is 2.56 bits per heavy atom. The minimum absolute atomic E-state index is 0.00523. The minimum Gasteiger partial charge on any atom is -0.336 e. The topological polar surface area (TPSA) is 35.6 Å². The van der Waals surface area contributed by atoms with Crippen LogP contribution in [0.15, 0.2) is 0 Å². The van der Waals surface area contributed by atoms with Crippen molar-refractivity contribution in [2.75, 3.05) is 27.2 Å². The van der Waals surface area contributed by atoms with Crippen LogP contribution in [0, 0.1) is 0 Å². The number of hydrogen-bond acceptors (Lipinski definition) is 3. The van der Waals surface area contributed by atoms with Crippen molar-refractivity contribution in [3.8, 4) is 0 Å². The molecule has 0 bridgehead atoms. The molecule has 1 N–H and O–H groups in total. The molecule has 1 atom stereocenters. The van der Waals surface area contributed by atoms with Gasteiger partial charge < -0.3 is 10.2 Å². The number of hydrogen-bond donors (Lipinski definition) is 1. The summed E-state index contributed by atoms with van der Waals surface area (Å²) in [5.74, 6) is 0.304. The first-order valence-corrected chi connectivity index (χ1v) is 6.15. The lowest BCUT2D eigenvalue weighted by Crippen LogP contribution is -2.67. The fourth-order valence-corrected chi connectivity index (χ4v) is 2.50. The molecular weight excluding hydrogens is 202 g/mol. The van der Waals surface area contributed by atoms with E-state index < -0.39 is 0 Å². The Labute approximate surface area is 98.0 Å². The van der Waals surface area contributed by atoms with Gasteiger partial charge in [0, 0.05) is 24.7 Å². The summed E-state index contributed by atoms with van der Waals surface area (Å²) >= 11 is 0. The molecule has 1 aliphatic heterocycles. The highest BCUT2D eigenvalue weighted by Gasteiger charge is 2.46. The van der Waals surface area contributed by atoms with Crippen molar-refractivity contribution in [1.29, 1.82) is 0 Å². The molecule has 0 spiro atoms. The summed E-state index contributed by atoms with van der Waals surface area (Å²) in [6.07, 6.45) is 2.38. The van der Waals surface area contributed by atoms with Crippen LogP contribution in [-0.2, 0) is 4.79 Å². The van der Waals surface area contributed by atoms with Gasteiger partial charge in [-0.25, -0.2) is 0 Å². The first-order chi connectivity index (χ1) is 7.47. The molecule has 1 heterocycles. The monoisotopic (exact) mass is 225 g/mol. The lowest BCUT2D eigenvalue weighted by Gasteiger charge is -2.49. The molecule has 1 saturated carbocycles. The molecule has 1 saturated heterocycles. The SMILES string of the molecule is CNCC1C(=O)N(C2CC2)CC(C)(C)N1C. The largest absolute Gasteiger partial charge is 0.336 e. The fraction of sp³-hybridized carbons (Fsp3) is 0.917. The molecule has 0 aromatic heterocycles. The summed E-state index contributed by atoms with van der Waals surface area (Å²) in [4.78, 5) is 16.7. The maximum absolute atomic E-state index is 12.3. The van der Waals surface area contributed by atoms with E-state index in [9.17, 15) is 4.79 Å². The molecule has 92 valence electrons. The van der Waals surface area contributed by atoms with E-state index in [0.717, 1.165) is 13.1 Å². The van der Waals surface area contributed by atoms with Gasteiger partial charge in [-0.3, -0.25) is 9.69 Å². The second-order valence-electron chi connectivity index (χ2n) is 5.69. The van der Waals surface area contributed by atoms with Gasteiger partial charge in [-0.05, 0) is 40.8 Å². The van der Waals surface area contributed by atoms with E-state index >= 15 is 0 Å². The van der Waals surface area contributed by atoms with Crippen molar-refractivity contribution in [2.45, 2.75) is 44.3 Å². The van der Waals surface area contributed by atoms with E-state index in [-0.39, 0.29) is 11.6 Å². The predicted molar refractivity (Wildman–Crippen MR) is 64.3 cm³/mol. The van der Waals surface area contributed by atoms with Crippen LogP contribution >= 0.6 is 0 Å². The molecule has 0 radical (unpaired) electrons. The number of rotatable bonds is 3. The number of likely N-dealkylation sites (N-methyl/N-ethyl adjacent to an activating group) is 2. The Morgan fingerprint density at radius 1 is 1.44 bits per heavy atom. The van der Waals surface area contributed by atoms with Gasteiger partial charge >= 0.3 is 0 Å². The van der Waals surface area contributed by atoms with Crippen molar-refractivity contribution in [3.63, 3.8) is 0 Å². The molecule has 2 rings (SSSR count). The van der Waals surface area contributed by atoms with Crippen LogP contribution in [0.1, 0.15) is 26.7 Å². The summed E-state index contributed by atoms with van der Waals surface area (Å²) < 4.78 is 0. The zero-order valence-corrected chi connectivity index (χ0v) is 10.8. The van der Waals surface area contributed by atoms with Crippen LogP contribution in [0.2, 0.25) is 0 Å². The third kappa shape index (κ3) is 1.96. The summed E-state index contributed by atoms with van der Waals surface area (Å²) in [6.45, 7) is 6.05. The van der Waals surface area contributed by atoms with Crippen molar-refractivity contribution >= 4 is 5.91 Å². The normalized spacial score (nSPS) is 30.9. The summed E-state index contributed by atoms with van der Waals surface area (Å²) in [5, 5.41) is 3.13. The van der Waals surface area contributed by atoms with Crippen molar-refractivity contribution in [3.05, 3.63) is 0 Å². The first-order valence-electron chi connectivity index (χ1n) is 6.15. The maximum atomic E-state index is 12.3. The number of nitrogens with zero attached hydrogens (tertiary/aromatic N) is 2. The van der Waals surface area contributed by atoms with E-state index in [1.54, 1.807) is 0 Å². The van der Waals surface area contributed by atoms with Gasteiger partial charge in [-0.2, -0.15) is 0 Å². The average Bonchev–Trinajstić information content (AvgIpc) is 3.02. The number of piperazine rings is 1. The fourth-order valence-electron chi connectivity index (χ4n) is 2.50. The second kappa shape index (κ2) is 4.00. The summed E-state index contributed by atoms with van der Waals surface area (Å²) in [5.41, 5.74) is 0.0814. The Hall–Kier alpha value is -0.610. The highest BCUT2D eigenvalue weighted by Crippen LogP contribution is 2.33. The highest BCUT2D eigenvalue weighted by molar-refractivity contribution is 5.84. The first kappa shape index (κ1) is 11.9. The van der Waals surface area contributed by atoms with Gasteiger partial charge in [-0.1, -0.05) is 0 Å². The van der Waals surface area contributed by atoms with Crippen LogP contribution in [-0.4, -0.2) is 60.5 Å². The molecular formula is C12H23N3O. The zero-order valence-electron chi connectivity index (χ0n) is 10.8. The van der Waals surface area contributed by atoms with Gasteiger partial charge in [-0.15, -0.1) is 0 Å². The average molecular weight is 225 g/mol.